The molecule has 3 heterocycles. The topological polar surface area (TPSA) is 58.6 Å². The number of nitrogens with zero attached hydrogens (tertiary/aromatic N) is 1. The zero-order valence-corrected chi connectivity index (χ0v) is 26.9. The molecule has 1 amide bonds. The van der Waals surface area contributed by atoms with E-state index in [9.17, 15) is 9.00 Å². The van der Waals surface area contributed by atoms with Gasteiger partial charge in [-0.3, -0.25) is 9.52 Å². The minimum atomic E-state index is -1.46. The van der Waals surface area contributed by atoms with Crippen molar-refractivity contribution >= 4 is 45.9 Å². The number of ether oxygens (including phenoxy) is 1. The molecule has 2 aliphatic carbocycles. The number of carbonyl (C=O) groups is 1. The van der Waals surface area contributed by atoms with E-state index in [1.165, 1.54) is 5.57 Å². The molecular weight excluding hydrogens is 591 g/mol. The highest BCUT2D eigenvalue weighted by Crippen LogP contribution is 2.48. The molecule has 5 unspecified atom stereocenters. The molecule has 3 aliphatic heterocycles. The predicted octanol–water partition coefficient (Wildman–Crippen LogP) is 7.16. The second kappa shape index (κ2) is 12.6. The summed E-state index contributed by atoms with van der Waals surface area (Å²) in [5, 5.41) is 0.176. The van der Waals surface area contributed by atoms with E-state index >= 15 is 4.39 Å². The van der Waals surface area contributed by atoms with Crippen LogP contribution in [-0.4, -0.2) is 47.9 Å². The number of allylic oxidation sites excluding steroid dienone is 1. The van der Waals surface area contributed by atoms with Gasteiger partial charge in [-0.2, -0.15) is 0 Å². The number of nitrogens with one attached hydrogen (secondary N) is 1. The van der Waals surface area contributed by atoms with Gasteiger partial charge >= 0.3 is 0 Å². The van der Waals surface area contributed by atoms with Crippen molar-refractivity contribution in [3.8, 4) is 0 Å². The summed E-state index contributed by atoms with van der Waals surface area (Å²) in [6.07, 6.45) is 7.14. The maximum Gasteiger partial charge on any atom is 0.263 e. The molecule has 0 radical (unpaired) electrons. The largest absolute Gasteiger partial charge is 0.377 e. The average Bonchev–Trinajstić information content (AvgIpc) is 3.10. The Morgan fingerprint density at radius 3 is 2.74 bits per heavy atom. The smallest absolute Gasteiger partial charge is 0.263 e. The Hall–Kier alpha value is -1.87. The fourth-order valence-electron chi connectivity index (χ4n) is 7.25. The van der Waals surface area contributed by atoms with Crippen LogP contribution >= 0.6 is 23.4 Å². The van der Waals surface area contributed by atoms with Gasteiger partial charge in [0.05, 0.1) is 16.8 Å². The molecule has 1 fully saturated rings. The van der Waals surface area contributed by atoms with Crippen molar-refractivity contribution in [2.24, 2.45) is 23.7 Å². The van der Waals surface area contributed by atoms with Gasteiger partial charge in [-0.1, -0.05) is 44.0 Å². The van der Waals surface area contributed by atoms with Gasteiger partial charge in [0, 0.05) is 48.1 Å². The first-order chi connectivity index (χ1) is 20.3. The standard InChI is InChI=1S/C33H40ClFN2O3S2/c1-4-5-27-25(9-10-28(34)31(27)35)24-16-37-15-21-6-8-26(21)32(40-3)23-12-22(13-23)19(2)18-42(39)36-33(38)20-7-11-30(41-17-24)29(37)14-20/h7,9-12,14,19,21-22,24,26,32H,4-6,8,13,15-18H2,1-3H3,(H,36,38)/t19-,21?,22+,24?,26?,32?,42?/m1/s1. The van der Waals surface area contributed by atoms with E-state index < -0.39 is 11.0 Å². The molecule has 0 spiro atoms. The highest BCUT2D eigenvalue weighted by atomic mass is 35.5. The molecule has 5 nitrogen and oxygen atoms in total. The molecule has 1 saturated carbocycles. The number of fused-ring (bicyclic) bond motifs is 4. The zero-order chi connectivity index (χ0) is 29.5. The predicted molar refractivity (Wildman–Crippen MR) is 170 cm³/mol. The summed E-state index contributed by atoms with van der Waals surface area (Å²) in [6.45, 7) is 5.75. The molecule has 9 heteroatoms. The number of hydrogen-bond donors (Lipinski definition) is 1. The SMILES string of the molecule is CCCc1c(C2CSc3ccc4cc3N(C2)CC2CCC2C(OC)C2=C[C@@H](C2)[C@H](C)CS(=O)NC4=O)ccc(Cl)c1F. The lowest BCUT2D eigenvalue weighted by molar-refractivity contribution is -0.0000573. The normalized spacial score (nSPS) is 31.2. The van der Waals surface area contributed by atoms with Crippen molar-refractivity contribution < 1.29 is 18.1 Å². The van der Waals surface area contributed by atoms with Gasteiger partial charge in [-0.05, 0) is 90.3 Å². The highest BCUT2D eigenvalue weighted by molar-refractivity contribution is 7.99. The number of thioether (sulfide) groups is 1. The summed E-state index contributed by atoms with van der Waals surface area (Å²) < 4.78 is 37.1. The molecule has 7 atom stereocenters. The Bertz CT molecular complexity index is 1420. The Labute approximate surface area is 260 Å². The summed E-state index contributed by atoms with van der Waals surface area (Å²) in [5.74, 6) is 2.18. The fourth-order valence-corrected chi connectivity index (χ4v) is 9.73. The van der Waals surface area contributed by atoms with Gasteiger partial charge in [0.15, 0.2) is 0 Å². The van der Waals surface area contributed by atoms with Crippen LogP contribution in [0.25, 0.3) is 0 Å². The van der Waals surface area contributed by atoms with E-state index in [-0.39, 0.29) is 34.7 Å². The van der Waals surface area contributed by atoms with E-state index in [1.54, 1.807) is 17.8 Å². The molecule has 226 valence electrons. The second-order valence-electron chi connectivity index (χ2n) is 12.5. The monoisotopic (exact) mass is 630 g/mol. The fraction of sp³-hybridized carbons (Fsp3) is 0.545. The van der Waals surface area contributed by atoms with Crippen molar-refractivity contribution in [2.45, 2.75) is 62.9 Å². The van der Waals surface area contributed by atoms with Gasteiger partial charge < -0.3 is 9.64 Å². The van der Waals surface area contributed by atoms with Gasteiger partial charge in [0.25, 0.3) is 5.91 Å². The maximum absolute atomic E-state index is 15.3. The molecule has 5 aliphatic rings. The molecule has 7 rings (SSSR count). The van der Waals surface area contributed by atoms with Crippen LogP contribution in [0.5, 0.6) is 0 Å². The van der Waals surface area contributed by atoms with Crippen molar-refractivity contribution in [3.63, 3.8) is 0 Å². The molecule has 1 N–H and O–H groups in total. The Morgan fingerprint density at radius 2 is 2.02 bits per heavy atom. The number of carbonyl (C=O) groups excluding carboxylic acids is 1. The van der Waals surface area contributed by atoms with Gasteiger partial charge in [0.1, 0.15) is 16.8 Å². The van der Waals surface area contributed by atoms with Crippen LogP contribution in [0, 0.1) is 29.5 Å². The Balaban J connectivity index is 1.38. The summed E-state index contributed by atoms with van der Waals surface area (Å²) in [7, 11) is 0.364. The Morgan fingerprint density at radius 1 is 1.21 bits per heavy atom. The third-order valence-corrected chi connectivity index (χ3v) is 12.6. The zero-order valence-electron chi connectivity index (χ0n) is 24.5. The molecule has 2 aromatic carbocycles. The van der Waals surface area contributed by atoms with Crippen LogP contribution in [0.2, 0.25) is 5.02 Å². The molecule has 4 bridgehead atoms. The highest BCUT2D eigenvalue weighted by Gasteiger charge is 2.43. The first-order valence-electron chi connectivity index (χ1n) is 15.2. The first kappa shape index (κ1) is 30.2. The van der Waals surface area contributed by atoms with Crippen molar-refractivity contribution in [1.82, 2.24) is 4.72 Å². The summed E-state index contributed by atoms with van der Waals surface area (Å²) >= 11 is 7.99. The van der Waals surface area contributed by atoms with E-state index in [0.29, 0.717) is 35.5 Å². The molecule has 0 saturated heterocycles. The summed E-state index contributed by atoms with van der Waals surface area (Å²) in [4.78, 5) is 16.8. The lowest BCUT2D eigenvalue weighted by atomic mass is 9.65. The lowest BCUT2D eigenvalue weighted by Crippen LogP contribution is -2.47. The summed E-state index contributed by atoms with van der Waals surface area (Å²) in [6, 6.07) is 9.52. The van der Waals surface area contributed by atoms with Gasteiger partial charge in [0.2, 0.25) is 0 Å². The number of methoxy groups -OCH3 is 1. The number of anilines is 1. The molecule has 0 aromatic heterocycles. The van der Waals surface area contributed by atoms with E-state index in [0.717, 1.165) is 66.2 Å². The molecular formula is C33H40ClFN2O3S2. The number of hydrogen-bond acceptors (Lipinski definition) is 5. The van der Waals surface area contributed by atoms with Crippen LogP contribution in [-0.2, 0) is 22.1 Å². The number of rotatable bonds is 4. The van der Waals surface area contributed by atoms with Gasteiger partial charge in [-0.15, -0.1) is 11.8 Å². The van der Waals surface area contributed by atoms with Crippen LogP contribution in [0.15, 0.2) is 46.9 Å². The minimum Gasteiger partial charge on any atom is -0.377 e. The van der Waals surface area contributed by atoms with Crippen LogP contribution in [0.3, 0.4) is 0 Å². The van der Waals surface area contributed by atoms with E-state index in [1.807, 2.05) is 31.4 Å². The first-order valence-corrected chi connectivity index (χ1v) is 17.9. The Kier molecular flexibility index (Phi) is 9.07. The summed E-state index contributed by atoms with van der Waals surface area (Å²) in [5.41, 5.74) is 4.65. The van der Waals surface area contributed by atoms with Crippen molar-refractivity contribution in [3.05, 3.63) is 69.5 Å². The quantitative estimate of drug-likeness (QED) is 0.364. The third kappa shape index (κ3) is 5.81. The van der Waals surface area contributed by atoms with Gasteiger partial charge in [-0.25, -0.2) is 8.60 Å². The molecule has 2 aromatic rings. The maximum atomic E-state index is 15.3. The number of amides is 1. The van der Waals surface area contributed by atoms with Crippen molar-refractivity contribution in [2.75, 3.05) is 36.6 Å². The second-order valence-corrected chi connectivity index (χ2v) is 15.2. The molecule has 42 heavy (non-hydrogen) atoms. The van der Waals surface area contributed by atoms with Crippen molar-refractivity contribution in [1.29, 1.82) is 0 Å². The van der Waals surface area contributed by atoms with Crippen LogP contribution in [0.1, 0.15) is 66.9 Å². The van der Waals surface area contributed by atoms with E-state index in [4.69, 9.17) is 16.3 Å². The average molecular weight is 631 g/mol. The number of benzene rings is 2. The lowest BCUT2D eigenvalue weighted by Gasteiger charge is -2.47. The third-order valence-electron chi connectivity index (χ3n) is 9.81. The van der Waals surface area contributed by atoms with Crippen LogP contribution in [0.4, 0.5) is 10.1 Å². The van der Waals surface area contributed by atoms with E-state index in [2.05, 4.69) is 29.5 Å². The van der Waals surface area contributed by atoms with Crippen LogP contribution < -0.4 is 9.62 Å². The minimum absolute atomic E-state index is 0.0967. The number of halogens is 2.